The molecule has 0 bridgehead atoms. The Bertz CT molecular complexity index is 219. The van der Waals surface area contributed by atoms with Crippen LogP contribution in [0.2, 0.25) is 0 Å². The summed E-state index contributed by atoms with van der Waals surface area (Å²) >= 11 is 1.97. The van der Waals surface area contributed by atoms with Crippen molar-refractivity contribution in [3.63, 3.8) is 0 Å². The number of amides is 1. The second-order valence-electron chi connectivity index (χ2n) is 5.06. The van der Waals surface area contributed by atoms with Crippen molar-refractivity contribution >= 4 is 17.7 Å². The predicted octanol–water partition coefficient (Wildman–Crippen LogP) is 1.34. The average Bonchev–Trinajstić information content (AvgIpc) is 2.15. The molecular formula is C11H22N2OS. The molecule has 0 spiro atoms. The largest absolute Gasteiger partial charge is 0.350 e. The fraction of sp³-hybridized carbons (Fsp3) is 0.909. The fourth-order valence-corrected chi connectivity index (χ4v) is 2.54. The summed E-state index contributed by atoms with van der Waals surface area (Å²) in [5, 5.41) is 3.03. The van der Waals surface area contributed by atoms with Gasteiger partial charge >= 0.3 is 0 Å². The molecule has 1 N–H and O–H groups in total. The Labute approximate surface area is 97.0 Å². The van der Waals surface area contributed by atoms with Crippen LogP contribution in [0.3, 0.4) is 0 Å². The quantitative estimate of drug-likeness (QED) is 0.777. The van der Waals surface area contributed by atoms with Crippen molar-refractivity contribution < 1.29 is 4.79 Å². The number of nitrogens with one attached hydrogen (secondary N) is 1. The molecule has 0 saturated carbocycles. The second kappa shape index (κ2) is 5.21. The molecule has 3 nitrogen and oxygen atoms in total. The van der Waals surface area contributed by atoms with E-state index in [0.717, 1.165) is 24.6 Å². The van der Waals surface area contributed by atoms with Gasteiger partial charge in [-0.1, -0.05) is 0 Å². The third kappa shape index (κ3) is 4.43. The summed E-state index contributed by atoms with van der Waals surface area (Å²) in [6.45, 7) is 10.1. The van der Waals surface area contributed by atoms with Crippen molar-refractivity contribution in [1.29, 1.82) is 0 Å². The van der Waals surface area contributed by atoms with E-state index in [1.165, 1.54) is 0 Å². The van der Waals surface area contributed by atoms with Gasteiger partial charge in [-0.2, -0.15) is 11.8 Å². The lowest BCUT2D eigenvalue weighted by atomic mass is 10.1. The van der Waals surface area contributed by atoms with Crippen LogP contribution in [0, 0.1) is 0 Å². The molecule has 88 valence electrons. The van der Waals surface area contributed by atoms with Gasteiger partial charge in [-0.05, 0) is 27.7 Å². The van der Waals surface area contributed by atoms with Gasteiger partial charge in [0.25, 0.3) is 0 Å². The highest BCUT2D eigenvalue weighted by Gasteiger charge is 2.25. The first-order chi connectivity index (χ1) is 6.90. The third-order valence-electron chi connectivity index (χ3n) is 2.47. The van der Waals surface area contributed by atoms with Gasteiger partial charge in [0.15, 0.2) is 0 Å². The van der Waals surface area contributed by atoms with Crippen LogP contribution < -0.4 is 5.32 Å². The Kier molecular flexibility index (Phi) is 4.46. The molecule has 1 amide bonds. The Morgan fingerprint density at radius 3 is 2.33 bits per heavy atom. The highest BCUT2D eigenvalue weighted by atomic mass is 32.2. The van der Waals surface area contributed by atoms with Crippen LogP contribution in [-0.4, -0.2) is 47.0 Å². The van der Waals surface area contributed by atoms with Crippen LogP contribution in [0.25, 0.3) is 0 Å². The standard InChI is InChI=1S/C11H22N2OS/c1-9(10(14)12-11(2,3)4)13-5-7-15-8-6-13/h9H,5-8H2,1-4H3,(H,12,14)/t9-/m1/s1. The molecule has 1 fully saturated rings. The lowest BCUT2D eigenvalue weighted by Gasteiger charge is -2.33. The molecule has 1 aliphatic rings. The van der Waals surface area contributed by atoms with Crippen LogP contribution in [0.15, 0.2) is 0 Å². The molecule has 15 heavy (non-hydrogen) atoms. The van der Waals surface area contributed by atoms with Gasteiger partial charge in [0.05, 0.1) is 6.04 Å². The van der Waals surface area contributed by atoms with E-state index in [4.69, 9.17) is 0 Å². The maximum atomic E-state index is 11.9. The van der Waals surface area contributed by atoms with Crippen molar-refractivity contribution in [2.75, 3.05) is 24.6 Å². The van der Waals surface area contributed by atoms with Crippen LogP contribution >= 0.6 is 11.8 Å². The number of thioether (sulfide) groups is 1. The van der Waals surface area contributed by atoms with Gasteiger partial charge in [0.2, 0.25) is 5.91 Å². The van der Waals surface area contributed by atoms with Gasteiger partial charge in [-0.3, -0.25) is 9.69 Å². The smallest absolute Gasteiger partial charge is 0.237 e. The van der Waals surface area contributed by atoms with E-state index in [0.29, 0.717) is 0 Å². The van der Waals surface area contributed by atoms with Gasteiger partial charge in [0.1, 0.15) is 0 Å². The zero-order valence-corrected chi connectivity index (χ0v) is 11.0. The Hall–Kier alpha value is -0.220. The van der Waals surface area contributed by atoms with Crippen LogP contribution in [-0.2, 0) is 4.79 Å². The maximum absolute atomic E-state index is 11.9. The number of carbonyl (C=O) groups is 1. The average molecular weight is 230 g/mol. The van der Waals surface area contributed by atoms with E-state index in [1.807, 2.05) is 39.5 Å². The summed E-state index contributed by atoms with van der Waals surface area (Å²) in [5.74, 6) is 2.44. The molecule has 1 atom stereocenters. The number of hydrogen-bond donors (Lipinski definition) is 1. The van der Waals surface area contributed by atoms with Crippen molar-refractivity contribution in [1.82, 2.24) is 10.2 Å². The lowest BCUT2D eigenvalue weighted by Crippen LogP contribution is -2.52. The minimum atomic E-state index is -0.129. The summed E-state index contributed by atoms with van der Waals surface area (Å²) in [5.41, 5.74) is -0.129. The monoisotopic (exact) mass is 230 g/mol. The summed E-state index contributed by atoms with van der Waals surface area (Å²) in [6, 6.07) is 0.00475. The van der Waals surface area contributed by atoms with Gasteiger partial charge in [0, 0.05) is 30.1 Å². The number of nitrogens with zero attached hydrogens (tertiary/aromatic N) is 1. The topological polar surface area (TPSA) is 32.3 Å². The molecule has 1 rings (SSSR count). The van der Waals surface area contributed by atoms with Crippen LogP contribution in [0.5, 0.6) is 0 Å². The molecular weight excluding hydrogens is 208 g/mol. The minimum Gasteiger partial charge on any atom is -0.350 e. The third-order valence-corrected chi connectivity index (χ3v) is 3.41. The van der Waals surface area contributed by atoms with Gasteiger partial charge in [-0.25, -0.2) is 0 Å². The molecule has 1 heterocycles. The first kappa shape index (κ1) is 12.8. The molecule has 0 aromatic carbocycles. The normalized spacial score (nSPS) is 21.1. The van der Waals surface area contributed by atoms with Crippen LogP contribution in [0.4, 0.5) is 0 Å². The van der Waals surface area contributed by atoms with Crippen molar-refractivity contribution in [2.45, 2.75) is 39.3 Å². The van der Waals surface area contributed by atoms with Crippen molar-refractivity contribution in [2.24, 2.45) is 0 Å². The predicted molar refractivity (Wildman–Crippen MR) is 66.3 cm³/mol. The van der Waals surface area contributed by atoms with Crippen LogP contribution in [0.1, 0.15) is 27.7 Å². The van der Waals surface area contributed by atoms with E-state index in [9.17, 15) is 4.79 Å². The summed E-state index contributed by atoms with van der Waals surface area (Å²) in [6.07, 6.45) is 0. The second-order valence-corrected chi connectivity index (χ2v) is 6.29. The Morgan fingerprint density at radius 2 is 1.87 bits per heavy atom. The van der Waals surface area contributed by atoms with Crippen molar-refractivity contribution in [3.05, 3.63) is 0 Å². The molecule has 0 radical (unpaired) electrons. The number of rotatable bonds is 2. The Balaban J connectivity index is 2.44. The van der Waals surface area contributed by atoms with E-state index in [-0.39, 0.29) is 17.5 Å². The SMILES string of the molecule is C[C@H](C(=O)NC(C)(C)C)N1CCSCC1. The fourth-order valence-electron chi connectivity index (χ4n) is 1.60. The maximum Gasteiger partial charge on any atom is 0.237 e. The van der Waals surface area contributed by atoms with E-state index in [2.05, 4.69) is 10.2 Å². The molecule has 0 aromatic rings. The van der Waals surface area contributed by atoms with E-state index < -0.39 is 0 Å². The molecule has 4 heteroatoms. The van der Waals surface area contributed by atoms with Crippen molar-refractivity contribution in [3.8, 4) is 0 Å². The van der Waals surface area contributed by atoms with Gasteiger partial charge < -0.3 is 5.32 Å². The van der Waals surface area contributed by atoms with E-state index in [1.54, 1.807) is 0 Å². The van der Waals surface area contributed by atoms with Gasteiger partial charge in [-0.15, -0.1) is 0 Å². The molecule has 0 aliphatic carbocycles. The molecule has 1 saturated heterocycles. The molecule has 1 aliphatic heterocycles. The minimum absolute atomic E-state index is 0.00475. The number of hydrogen-bond acceptors (Lipinski definition) is 3. The molecule has 0 unspecified atom stereocenters. The highest BCUT2D eigenvalue weighted by Crippen LogP contribution is 2.12. The number of carbonyl (C=O) groups excluding carboxylic acids is 1. The first-order valence-corrected chi connectivity index (χ1v) is 6.69. The first-order valence-electron chi connectivity index (χ1n) is 5.54. The summed E-state index contributed by atoms with van der Waals surface area (Å²) in [7, 11) is 0. The summed E-state index contributed by atoms with van der Waals surface area (Å²) < 4.78 is 0. The lowest BCUT2D eigenvalue weighted by molar-refractivity contribution is -0.127. The zero-order chi connectivity index (χ0) is 11.5. The Morgan fingerprint density at radius 1 is 1.33 bits per heavy atom. The van der Waals surface area contributed by atoms with E-state index >= 15 is 0 Å². The zero-order valence-electron chi connectivity index (χ0n) is 10.2. The summed E-state index contributed by atoms with van der Waals surface area (Å²) in [4.78, 5) is 14.2. The molecule has 0 aromatic heterocycles. The highest BCUT2D eigenvalue weighted by molar-refractivity contribution is 7.99.